The van der Waals surface area contributed by atoms with Gasteiger partial charge in [-0.25, -0.2) is 0 Å². The molecule has 1 saturated heterocycles. The average Bonchev–Trinajstić information content (AvgIpc) is 3.45. The quantitative estimate of drug-likeness (QED) is 0.480. The van der Waals surface area contributed by atoms with Crippen LogP contribution in [-0.2, 0) is 40.3 Å². The lowest BCUT2D eigenvalue weighted by molar-refractivity contribution is -0.136. The van der Waals surface area contributed by atoms with Crippen LogP contribution < -0.4 is 10.6 Å². The molecule has 1 atom stereocenters. The highest BCUT2D eigenvalue weighted by Gasteiger charge is 2.53. The van der Waals surface area contributed by atoms with Gasteiger partial charge < -0.3 is 10.2 Å². The van der Waals surface area contributed by atoms with Gasteiger partial charge in [0.25, 0.3) is 17.7 Å². The molecule has 7 rings (SSSR count). The number of hydrogen-bond donors (Lipinski definition) is 2. The number of nitrogens with zero attached hydrogens (tertiary/aromatic N) is 3. The number of hydrogen-bond acceptors (Lipinski definition) is 7. The van der Waals surface area contributed by atoms with Gasteiger partial charge in [0, 0.05) is 44.2 Å². The first-order valence-electron chi connectivity index (χ1n) is 16.5. The lowest BCUT2D eigenvalue weighted by atomic mass is 9.52. The molecular weight excluding hydrogens is 598 g/mol. The van der Waals surface area contributed by atoms with Gasteiger partial charge in [-0.1, -0.05) is 33.8 Å². The Bertz CT molecular complexity index is 1700. The Morgan fingerprint density at radius 2 is 1.45 bits per heavy atom. The van der Waals surface area contributed by atoms with E-state index in [1.807, 2.05) is 18.2 Å². The van der Waals surface area contributed by atoms with Crippen molar-refractivity contribution in [3.8, 4) is 0 Å². The molecule has 11 nitrogen and oxygen atoms in total. The first-order valence-corrected chi connectivity index (χ1v) is 16.5. The number of nitrogens with one attached hydrogen (secondary N) is 2. The van der Waals surface area contributed by atoms with E-state index in [1.165, 1.54) is 5.56 Å². The minimum atomic E-state index is -1.01. The Labute approximate surface area is 274 Å². The molecule has 2 aromatic rings. The van der Waals surface area contributed by atoms with Gasteiger partial charge in [0.2, 0.25) is 17.7 Å². The van der Waals surface area contributed by atoms with Gasteiger partial charge in [-0.05, 0) is 83.0 Å². The molecule has 4 heterocycles. The number of rotatable bonds is 5. The van der Waals surface area contributed by atoms with E-state index in [2.05, 4.69) is 43.2 Å². The third kappa shape index (κ3) is 5.44. The second kappa shape index (κ2) is 11.1. The van der Waals surface area contributed by atoms with Gasteiger partial charge in [0.05, 0.1) is 17.7 Å². The average molecular weight is 640 g/mol. The van der Waals surface area contributed by atoms with Crippen LogP contribution in [0.15, 0.2) is 30.3 Å². The number of imide groups is 2. The molecule has 47 heavy (non-hydrogen) atoms. The van der Waals surface area contributed by atoms with Crippen LogP contribution in [0.4, 0.5) is 0 Å². The lowest BCUT2D eigenvalue weighted by Crippen LogP contribution is -2.63. The third-order valence-corrected chi connectivity index (χ3v) is 10.8. The normalized spacial score (nSPS) is 23.4. The molecule has 1 unspecified atom stereocenters. The monoisotopic (exact) mass is 639 g/mol. The van der Waals surface area contributed by atoms with Gasteiger partial charge in [-0.3, -0.25) is 43.9 Å². The Morgan fingerprint density at radius 3 is 2.04 bits per heavy atom. The largest absolute Gasteiger partial charge is 0.348 e. The Morgan fingerprint density at radius 1 is 0.830 bits per heavy atom. The summed E-state index contributed by atoms with van der Waals surface area (Å²) in [6.45, 7) is 11.1. The minimum Gasteiger partial charge on any atom is -0.348 e. The lowest BCUT2D eigenvalue weighted by Gasteiger charge is -2.57. The molecule has 246 valence electrons. The zero-order valence-electron chi connectivity index (χ0n) is 27.4. The van der Waals surface area contributed by atoms with Gasteiger partial charge in [0.1, 0.15) is 6.04 Å². The van der Waals surface area contributed by atoms with Crippen LogP contribution in [0.2, 0.25) is 0 Å². The van der Waals surface area contributed by atoms with E-state index in [0.717, 1.165) is 47.4 Å². The summed E-state index contributed by atoms with van der Waals surface area (Å²) in [4.78, 5) is 82.0. The van der Waals surface area contributed by atoms with Crippen LogP contribution in [0.5, 0.6) is 0 Å². The van der Waals surface area contributed by atoms with Crippen LogP contribution >= 0.6 is 0 Å². The maximum absolute atomic E-state index is 13.5. The second-order valence-electron chi connectivity index (χ2n) is 15.2. The maximum Gasteiger partial charge on any atom is 0.262 e. The van der Waals surface area contributed by atoms with Gasteiger partial charge in [-0.15, -0.1) is 0 Å². The summed E-state index contributed by atoms with van der Waals surface area (Å²) in [7, 11) is 0. The highest BCUT2D eigenvalue weighted by molar-refractivity contribution is 6.23. The van der Waals surface area contributed by atoms with E-state index in [0.29, 0.717) is 25.2 Å². The van der Waals surface area contributed by atoms with Crippen molar-refractivity contribution in [2.24, 2.45) is 10.8 Å². The molecule has 0 radical (unpaired) electrons. The van der Waals surface area contributed by atoms with E-state index in [1.54, 1.807) is 17.0 Å². The first kappa shape index (κ1) is 31.2. The van der Waals surface area contributed by atoms with E-state index < -0.39 is 29.7 Å². The van der Waals surface area contributed by atoms with Gasteiger partial charge in [-0.2, -0.15) is 0 Å². The summed E-state index contributed by atoms with van der Waals surface area (Å²) in [5.74, 6) is -2.22. The van der Waals surface area contributed by atoms with Crippen molar-refractivity contribution in [3.05, 3.63) is 69.3 Å². The fraction of sp³-hybridized carbons (Fsp3) is 0.500. The smallest absolute Gasteiger partial charge is 0.262 e. The molecular formula is C36H41N5O6. The fourth-order valence-electron chi connectivity index (χ4n) is 8.82. The molecule has 1 saturated carbocycles. The van der Waals surface area contributed by atoms with Crippen LogP contribution in [0.1, 0.15) is 100 Å². The minimum absolute atomic E-state index is 0.0269. The van der Waals surface area contributed by atoms with Gasteiger partial charge >= 0.3 is 0 Å². The van der Waals surface area contributed by atoms with Crippen molar-refractivity contribution in [2.75, 3.05) is 19.6 Å². The standard InChI is InChI=1S/C36H41N5O6/c1-35(2)19-36(3,4)34(35)38-30(44)22-6-5-20-9-11-39(12-10-21(20)13-22)18-29(43)40-16-23-14-25-26(15-24(23)17-40)33(47)41(32(25)46)27-7-8-28(42)37-31(27)45/h5-6,13-15,27,34H,7-12,16-19H2,1-4H3,(H,38,44)(H,37,42,45). The van der Waals surface area contributed by atoms with Crippen molar-refractivity contribution in [1.29, 1.82) is 0 Å². The van der Waals surface area contributed by atoms with Crippen LogP contribution in [0.3, 0.4) is 0 Å². The number of piperidine rings is 1. The highest BCUT2D eigenvalue weighted by atomic mass is 16.2. The molecule has 2 fully saturated rings. The zero-order chi connectivity index (χ0) is 33.4. The van der Waals surface area contributed by atoms with Crippen LogP contribution in [0.25, 0.3) is 0 Å². The molecule has 2 N–H and O–H groups in total. The van der Waals surface area contributed by atoms with Crippen molar-refractivity contribution in [3.63, 3.8) is 0 Å². The Hall–Kier alpha value is -4.38. The Balaban J connectivity index is 0.964. The molecule has 5 aliphatic rings. The summed E-state index contributed by atoms with van der Waals surface area (Å²) in [6, 6.07) is 8.42. The van der Waals surface area contributed by atoms with Crippen molar-refractivity contribution in [1.82, 2.24) is 25.3 Å². The molecule has 11 heteroatoms. The summed E-state index contributed by atoms with van der Waals surface area (Å²) in [6.07, 6.45) is 2.77. The molecule has 4 aliphatic heterocycles. The van der Waals surface area contributed by atoms with Crippen LogP contribution in [-0.4, -0.2) is 81.9 Å². The van der Waals surface area contributed by atoms with E-state index in [-0.39, 0.29) is 59.2 Å². The van der Waals surface area contributed by atoms with E-state index >= 15 is 0 Å². The number of carbonyl (C=O) groups is 6. The number of amides is 6. The fourth-order valence-corrected chi connectivity index (χ4v) is 8.82. The maximum atomic E-state index is 13.5. The third-order valence-electron chi connectivity index (χ3n) is 10.8. The van der Waals surface area contributed by atoms with E-state index in [9.17, 15) is 28.8 Å². The molecule has 2 aromatic carbocycles. The van der Waals surface area contributed by atoms with E-state index in [4.69, 9.17) is 0 Å². The van der Waals surface area contributed by atoms with Crippen molar-refractivity contribution >= 4 is 35.4 Å². The molecule has 6 amide bonds. The van der Waals surface area contributed by atoms with Crippen LogP contribution in [0, 0.1) is 10.8 Å². The van der Waals surface area contributed by atoms with Crippen molar-refractivity contribution in [2.45, 2.75) is 85.0 Å². The van der Waals surface area contributed by atoms with Crippen molar-refractivity contribution < 1.29 is 28.8 Å². The summed E-state index contributed by atoms with van der Waals surface area (Å²) < 4.78 is 0. The number of carbonyl (C=O) groups excluding carboxylic acids is 6. The topological polar surface area (TPSA) is 136 Å². The molecule has 1 aliphatic carbocycles. The van der Waals surface area contributed by atoms with Gasteiger partial charge in [0.15, 0.2) is 0 Å². The molecule has 0 aromatic heterocycles. The highest BCUT2D eigenvalue weighted by Crippen LogP contribution is 2.53. The zero-order valence-corrected chi connectivity index (χ0v) is 27.4. The summed E-state index contributed by atoms with van der Waals surface area (Å²) in [5, 5.41) is 5.50. The number of fused-ring (bicyclic) bond motifs is 3. The molecule has 0 spiro atoms. The predicted octanol–water partition coefficient (Wildman–Crippen LogP) is 2.59. The summed E-state index contributed by atoms with van der Waals surface area (Å²) in [5.41, 5.74) is 5.23. The summed E-state index contributed by atoms with van der Waals surface area (Å²) >= 11 is 0. The first-order chi connectivity index (χ1) is 22.2. The Kier molecular flexibility index (Phi) is 7.38. The SMILES string of the molecule is CC1(C)CC(C)(C)C1NC(=O)c1ccc2c(c1)CCN(CC(=O)N1Cc3cc4c(cc3C1)C(=O)N(C1CCC(=O)NC1=O)C4=O)CC2. The second-order valence-corrected chi connectivity index (χ2v) is 15.2. The number of benzene rings is 2. The molecule has 0 bridgehead atoms. The predicted molar refractivity (Wildman–Crippen MR) is 171 cm³/mol.